The molecule has 0 aliphatic heterocycles. The monoisotopic (exact) mass is 295 g/mol. The van der Waals surface area contributed by atoms with Crippen LogP contribution in [0.15, 0.2) is 18.2 Å². The Morgan fingerprint density at radius 2 is 2.10 bits per heavy atom. The fourth-order valence-corrected chi connectivity index (χ4v) is 1.79. The summed E-state index contributed by atoms with van der Waals surface area (Å²) in [5.74, 6) is -0.684. The summed E-state index contributed by atoms with van der Waals surface area (Å²) in [6.07, 6.45) is 0. The minimum absolute atomic E-state index is 0.0120. The van der Waals surface area contributed by atoms with E-state index in [1.807, 2.05) is 0 Å². The van der Waals surface area contributed by atoms with Crippen molar-refractivity contribution in [3.63, 3.8) is 0 Å². The van der Waals surface area contributed by atoms with Gasteiger partial charge in [0, 0.05) is 12.5 Å². The summed E-state index contributed by atoms with van der Waals surface area (Å²) in [6.45, 7) is 1.33. The number of ketones is 1. The summed E-state index contributed by atoms with van der Waals surface area (Å²) >= 11 is 5.61. The normalized spacial score (nSPS) is 10.4. The molecule has 7 heteroatoms. The van der Waals surface area contributed by atoms with E-state index in [-0.39, 0.29) is 33.9 Å². The third-order valence-corrected chi connectivity index (χ3v) is 2.91. The van der Waals surface area contributed by atoms with E-state index in [1.165, 1.54) is 32.2 Å². The lowest BCUT2D eigenvalue weighted by molar-refractivity contribution is 0.101. The Labute approximate surface area is 119 Å². The number of Topliss-reactive ketones (excluding diaryl/α,β-unsaturated/α-hetero) is 1. The van der Waals surface area contributed by atoms with Crippen molar-refractivity contribution in [2.24, 2.45) is 0 Å². The molecule has 0 atom stereocenters. The van der Waals surface area contributed by atoms with Crippen LogP contribution >= 0.6 is 11.6 Å². The van der Waals surface area contributed by atoms with Crippen molar-refractivity contribution in [1.82, 2.24) is 9.97 Å². The highest BCUT2D eigenvalue weighted by Crippen LogP contribution is 2.28. The van der Waals surface area contributed by atoms with Crippen molar-refractivity contribution in [2.45, 2.75) is 6.92 Å². The van der Waals surface area contributed by atoms with Crippen molar-refractivity contribution in [3.8, 4) is 17.1 Å². The topological polar surface area (TPSA) is 78.1 Å². The molecular formula is C13H11ClFN3O2. The number of benzene rings is 1. The smallest absolute Gasteiger partial charge is 0.190 e. The fourth-order valence-electron chi connectivity index (χ4n) is 1.67. The maximum atomic E-state index is 13.5. The Bertz CT molecular complexity index is 692. The molecule has 1 aromatic heterocycles. The molecule has 0 radical (unpaired) electrons. The van der Waals surface area contributed by atoms with Crippen LogP contribution in [0, 0.1) is 5.82 Å². The van der Waals surface area contributed by atoms with E-state index in [0.717, 1.165) is 0 Å². The molecule has 2 aromatic rings. The fraction of sp³-hybridized carbons (Fsp3) is 0.154. The van der Waals surface area contributed by atoms with Gasteiger partial charge in [0.15, 0.2) is 28.9 Å². The first-order chi connectivity index (χ1) is 9.43. The van der Waals surface area contributed by atoms with Gasteiger partial charge in [-0.3, -0.25) is 4.79 Å². The number of nitrogens with zero attached hydrogens (tertiary/aromatic N) is 2. The zero-order chi connectivity index (χ0) is 14.9. The predicted octanol–water partition coefficient (Wildman–Crippen LogP) is 2.73. The highest BCUT2D eigenvalue weighted by Gasteiger charge is 2.18. The Morgan fingerprint density at radius 1 is 1.40 bits per heavy atom. The molecule has 0 bridgehead atoms. The van der Waals surface area contributed by atoms with Crippen LogP contribution in [-0.2, 0) is 0 Å². The van der Waals surface area contributed by atoms with Crippen molar-refractivity contribution in [2.75, 3.05) is 12.8 Å². The summed E-state index contributed by atoms with van der Waals surface area (Å²) in [4.78, 5) is 19.6. The minimum atomic E-state index is -0.605. The lowest BCUT2D eigenvalue weighted by atomic mass is 10.2. The van der Waals surface area contributed by atoms with Gasteiger partial charge < -0.3 is 10.5 Å². The number of anilines is 1. The number of hydrogen-bond donors (Lipinski definition) is 1. The number of ether oxygens (including phenoxy) is 1. The maximum absolute atomic E-state index is 13.5. The largest absolute Gasteiger partial charge is 0.491 e. The Kier molecular flexibility index (Phi) is 3.85. The van der Waals surface area contributed by atoms with E-state index in [0.29, 0.717) is 5.56 Å². The highest BCUT2D eigenvalue weighted by molar-refractivity contribution is 6.30. The molecule has 5 nitrogen and oxygen atoms in total. The van der Waals surface area contributed by atoms with Crippen LogP contribution in [0.25, 0.3) is 11.4 Å². The third-order valence-electron chi connectivity index (χ3n) is 2.61. The van der Waals surface area contributed by atoms with E-state index in [4.69, 9.17) is 22.1 Å². The van der Waals surface area contributed by atoms with Crippen molar-refractivity contribution < 1.29 is 13.9 Å². The molecule has 0 spiro atoms. The van der Waals surface area contributed by atoms with Crippen LogP contribution < -0.4 is 10.5 Å². The molecule has 0 unspecified atom stereocenters. The van der Waals surface area contributed by atoms with Gasteiger partial charge in [-0.25, -0.2) is 14.4 Å². The SMILES string of the molecule is COc1c(N)nc(-c2ccc(Cl)c(F)c2)nc1C(C)=O. The zero-order valence-electron chi connectivity index (χ0n) is 10.8. The molecule has 1 heterocycles. The van der Waals surface area contributed by atoms with Gasteiger partial charge in [-0.15, -0.1) is 0 Å². The van der Waals surface area contributed by atoms with E-state index in [2.05, 4.69) is 9.97 Å². The molecule has 20 heavy (non-hydrogen) atoms. The standard InChI is InChI=1S/C13H11ClFN3O2/c1-6(19)10-11(20-2)12(16)18-13(17-10)7-3-4-8(14)9(15)5-7/h3-5H,1-2H3,(H2,16,17,18). The molecule has 0 aliphatic rings. The van der Waals surface area contributed by atoms with Gasteiger partial charge in [-0.1, -0.05) is 11.6 Å². The zero-order valence-corrected chi connectivity index (χ0v) is 11.5. The van der Waals surface area contributed by atoms with Crippen LogP contribution in [0.2, 0.25) is 5.02 Å². The van der Waals surface area contributed by atoms with Gasteiger partial charge in [-0.05, 0) is 18.2 Å². The quantitative estimate of drug-likeness (QED) is 0.881. The van der Waals surface area contributed by atoms with Crippen LogP contribution in [0.3, 0.4) is 0 Å². The highest BCUT2D eigenvalue weighted by atomic mass is 35.5. The number of nitrogen functional groups attached to an aromatic ring is 1. The molecule has 104 valence electrons. The first kappa shape index (κ1) is 14.2. The molecule has 2 N–H and O–H groups in total. The lowest BCUT2D eigenvalue weighted by Crippen LogP contribution is -2.08. The van der Waals surface area contributed by atoms with Crippen LogP contribution in [0.1, 0.15) is 17.4 Å². The Morgan fingerprint density at radius 3 is 2.65 bits per heavy atom. The second-order valence-electron chi connectivity index (χ2n) is 4.00. The predicted molar refractivity (Wildman–Crippen MR) is 73.4 cm³/mol. The number of carbonyl (C=O) groups excluding carboxylic acids is 1. The van der Waals surface area contributed by atoms with E-state index >= 15 is 0 Å². The molecule has 0 amide bonds. The average molecular weight is 296 g/mol. The molecule has 1 aromatic carbocycles. The van der Waals surface area contributed by atoms with Crippen molar-refractivity contribution in [1.29, 1.82) is 0 Å². The van der Waals surface area contributed by atoms with Gasteiger partial charge in [0.2, 0.25) is 0 Å². The number of rotatable bonds is 3. The van der Waals surface area contributed by atoms with Crippen molar-refractivity contribution >= 4 is 23.2 Å². The summed E-state index contributed by atoms with van der Waals surface area (Å²) in [5.41, 5.74) is 6.14. The molecular weight excluding hydrogens is 285 g/mol. The van der Waals surface area contributed by atoms with E-state index in [9.17, 15) is 9.18 Å². The third kappa shape index (κ3) is 2.55. The van der Waals surface area contributed by atoms with Gasteiger partial charge in [0.05, 0.1) is 12.1 Å². The second kappa shape index (κ2) is 5.42. The van der Waals surface area contributed by atoms with E-state index in [1.54, 1.807) is 0 Å². The molecule has 0 saturated heterocycles. The summed E-state index contributed by atoms with van der Waals surface area (Å²) in [6, 6.07) is 4.09. The number of aromatic nitrogens is 2. The number of hydrogen-bond acceptors (Lipinski definition) is 5. The minimum Gasteiger partial charge on any atom is -0.491 e. The number of nitrogens with two attached hydrogens (primary N) is 1. The van der Waals surface area contributed by atoms with Gasteiger partial charge >= 0.3 is 0 Å². The Balaban J connectivity index is 2.63. The van der Waals surface area contributed by atoms with Crippen molar-refractivity contribution in [3.05, 3.63) is 34.7 Å². The number of halogens is 2. The molecule has 0 fully saturated rings. The lowest BCUT2D eigenvalue weighted by Gasteiger charge is -2.10. The summed E-state index contributed by atoms with van der Waals surface area (Å²) in [5, 5.41) is -0.0120. The maximum Gasteiger partial charge on any atom is 0.190 e. The summed E-state index contributed by atoms with van der Waals surface area (Å²) < 4.78 is 18.5. The van der Waals surface area contributed by atoms with Gasteiger partial charge in [-0.2, -0.15) is 0 Å². The van der Waals surface area contributed by atoms with Gasteiger partial charge in [0.25, 0.3) is 0 Å². The molecule has 0 aliphatic carbocycles. The first-order valence-electron chi connectivity index (χ1n) is 5.62. The van der Waals surface area contributed by atoms with Gasteiger partial charge in [0.1, 0.15) is 5.82 Å². The average Bonchev–Trinajstić information content (AvgIpc) is 2.40. The Hall–Kier alpha value is -2.21. The van der Waals surface area contributed by atoms with Crippen LogP contribution in [0.5, 0.6) is 5.75 Å². The molecule has 0 saturated carbocycles. The van der Waals surface area contributed by atoms with E-state index < -0.39 is 5.82 Å². The van der Waals surface area contributed by atoms with Crippen LogP contribution in [0.4, 0.5) is 10.2 Å². The number of carbonyl (C=O) groups is 1. The number of methoxy groups -OCH3 is 1. The molecule has 2 rings (SSSR count). The first-order valence-corrected chi connectivity index (χ1v) is 5.99. The summed E-state index contributed by atoms with van der Waals surface area (Å²) in [7, 11) is 1.36. The van der Waals surface area contributed by atoms with Crippen LogP contribution in [-0.4, -0.2) is 22.9 Å². The second-order valence-corrected chi connectivity index (χ2v) is 4.41.